The quantitative estimate of drug-likeness (QED) is 0.750. The highest BCUT2D eigenvalue weighted by atomic mass is 19.4. The number of carbonyl (C=O) groups excluding carboxylic acids is 2. The molecule has 0 spiro atoms. The molecule has 0 aromatic heterocycles. The summed E-state index contributed by atoms with van der Waals surface area (Å²) in [4.78, 5) is 26.2. The summed E-state index contributed by atoms with van der Waals surface area (Å²) in [6, 6.07) is 4.50. The van der Waals surface area contributed by atoms with Crippen molar-refractivity contribution in [1.29, 1.82) is 0 Å². The molecule has 0 bridgehead atoms. The number of amides is 2. The molecule has 0 radical (unpaired) electrons. The van der Waals surface area contributed by atoms with E-state index in [9.17, 15) is 27.9 Å². The van der Waals surface area contributed by atoms with Crippen molar-refractivity contribution < 1.29 is 27.9 Å². The summed E-state index contributed by atoms with van der Waals surface area (Å²) in [5.41, 5.74) is -1.98. The Hall–Kier alpha value is -2.35. The van der Waals surface area contributed by atoms with Gasteiger partial charge >= 0.3 is 6.18 Å². The first-order chi connectivity index (χ1) is 13.6. The van der Waals surface area contributed by atoms with E-state index in [0.29, 0.717) is 6.42 Å². The van der Waals surface area contributed by atoms with Gasteiger partial charge in [-0.15, -0.1) is 0 Å². The smallest absolute Gasteiger partial charge is 0.385 e. The van der Waals surface area contributed by atoms with Crippen LogP contribution in [0.4, 0.5) is 13.2 Å². The molecule has 29 heavy (non-hydrogen) atoms. The van der Waals surface area contributed by atoms with Crippen LogP contribution in [0.3, 0.4) is 0 Å². The van der Waals surface area contributed by atoms with Crippen molar-refractivity contribution in [3.8, 4) is 0 Å². The second-order valence-electron chi connectivity index (χ2n) is 7.79. The molecule has 1 heterocycles. The van der Waals surface area contributed by atoms with E-state index in [0.717, 1.165) is 25.0 Å². The van der Waals surface area contributed by atoms with Gasteiger partial charge in [0.1, 0.15) is 0 Å². The van der Waals surface area contributed by atoms with Crippen molar-refractivity contribution in [1.82, 2.24) is 10.2 Å². The number of likely N-dealkylation sites (tertiary alicyclic amines) is 1. The van der Waals surface area contributed by atoms with Gasteiger partial charge in [0.25, 0.3) is 0 Å². The minimum absolute atomic E-state index is 0.0806. The molecule has 5 nitrogen and oxygen atoms in total. The van der Waals surface area contributed by atoms with Crippen LogP contribution in [-0.2, 0) is 21.4 Å². The minimum Gasteiger partial charge on any atom is -0.385 e. The molecule has 1 saturated carbocycles. The number of hydrogen-bond donors (Lipinski definition) is 2. The molecule has 1 saturated heterocycles. The number of halogens is 3. The standard InChI is InChI=1S/C21H25F3N2O3/c1-2-18(27)25-17-8-4-7-16(17)19(28)26-11-9-20(29,10-12-26)14-5-3-6-15(13-14)21(22,23)24/h2-3,5-6,13,16-17,29H,1,4,7-12H2,(H,25,27)/t16-,17-/m1/s1. The zero-order chi connectivity index (χ0) is 21.2. The Kier molecular flexibility index (Phi) is 6.03. The molecular formula is C21H25F3N2O3. The molecule has 1 aromatic rings. The van der Waals surface area contributed by atoms with Crippen LogP contribution in [0.25, 0.3) is 0 Å². The van der Waals surface area contributed by atoms with Crippen molar-refractivity contribution in [2.24, 2.45) is 5.92 Å². The predicted octanol–water partition coefficient (Wildman–Crippen LogP) is 2.99. The zero-order valence-electron chi connectivity index (χ0n) is 16.0. The van der Waals surface area contributed by atoms with Gasteiger partial charge in [-0.3, -0.25) is 9.59 Å². The lowest BCUT2D eigenvalue weighted by Crippen LogP contribution is -2.50. The Bertz CT molecular complexity index is 786. The van der Waals surface area contributed by atoms with Crippen LogP contribution < -0.4 is 5.32 Å². The van der Waals surface area contributed by atoms with E-state index in [2.05, 4.69) is 11.9 Å². The summed E-state index contributed by atoms with van der Waals surface area (Å²) in [5, 5.41) is 13.7. The fourth-order valence-corrected chi connectivity index (χ4v) is 4.28. The highest BCUT2D eigenvalue weighted by Crippen LogP contribution is 2.37. The Morgan fingerprint density at radius 1 is 1.24 bits per heavy atom. The lowest BCUT2D eigenvalue weighted by molar-refractivity contribution is -0.140. The van der Waals surface area contributed by atoms with E-state index in [1.54, 1.807) is 4.90 Å². The van der Waals surface area contributed by atoms with Gasteiger partial charge in [0.2, 0.25) is 11.8 Å². The van der Waals surface area contributed by atoms with Crippen LogP contribution in [0.15, 0.2) is 36.9 Å². The zero-order valence-corrected chi connectivity index (χ0v) is 16.0. The van der Waals surface area contributed by atoms with Gasteiger partial charge in [-0.25, -0.2) is 0 Å². The van der Waals surface area contributed by atoms with E-state index >= 15 is 0 Å². The summed E-state index contributed by atoms with van der Waals surface area (Å²) in [7, 11) is 0. The van der Waals surface area contributed by atoms with Crippen LogP contribution in [0, 0.1) is 5.92 Å². The number of rotatable bonds is 4. The van der Waals surface area contributed by atoms with Gasteiger partial charge in [-0.1, -0.05) is 25.1 Å². The fraction of sp³-hybridized carbons (Fsp3) is 0.524. The number of nitrogens with one attached hydrogen (secondary N) is 1. The summed E-state index contributed by atoms with van der Waals surface area (Å²) in [6.07, 6.45) is -0.743. The van der Waals surface area contributed by atoms with Crippen LogP contribution in [0.1, 0.15) is 43.2 Å². The summed E-state index contributed by atoms with van der Waals surface area (Å²) in [6.45, 7) is 3.93. The van der Waals surface area contributed by atoms with Gasteiger partial charge in [-0.05, 0) is 49.5 Å². The van der Waals surface area contributed by atoms with Crippen molar-refractivity contribution in [2.45, 2.75) is 49.9 Å². The monoisotopic (exact) mass is 410 g/mol. The molecule has 1 aromatic carbocycles. The third kappa shape index (κ3) is 4.63. The van der Waals surface area contributed by atoms with Gasteiger partial charge in [-0.2, -0.15) is 13.2 Å². The van der Waals surface area contributed by atoms with Crippen molar-refractivity contribution in [3.63, 3.8) is 0 Å². The highest BCUT2D eigenvalue weighted by molar-refractivity contribution is 5.88. The Morgan fingerprint density at radius 3 is 2.55 bits per heavy atom. The van der Waals surface area contributed by atoms with E-state index in [-0.39, 0.29) is 55.3 Å². The highest BCUT2D eigenvalue weighted by Gasteiger charge is 2.41. The van der Waals surface area contributed by atoms with E-state index in [1.807, 2.05) is 0 Å². The molecule has 1 aliphatic heterocycles. The Balaban J connectivity index is 1.66. The molecule has 8 heteroatoms. The molecule has 3 rings (SSSR count). The summed E-state index contributed by atoms with van der Waals surface area (Å²) in [5.74, 6) is -0.714. The van der Waals surface area contributed by atoms with E-state index in [1.165, 1.54) is 18.2 Å². The molecule has 2 amide bonds. The first-order valence-corrected chi connectivity index (χ1v) is 9.76. The van der Waals surface area contributed by atoms with Crippen LogP contribution >= 0.6 is 0 Å². The van der Waals surface area contributed by atoms with E-state index in [4.69, 9.17) is 0 Å². The third-order valence-electron chi connectivity index (χ3n) is 5.98. The Labute approximate surface area is 167 Å². The Morgan fingerprint density at radius 2 is 1.93 bits per heavy atom. The molecule has 0 unspecified atom stereocenters. The van der Waals surface area contributed by atoms with Gasteiger partial charge < -0.3 is 15.3 Å². The normalized spacial score (nSPS) is 24.2. The molecular weight excluding hydrogens is 385 g/mol. The molecule has 158 valence electrons. The summed E-state index contributed by atoms with van der Waals surface area (Å²) >= 11 is 0. The SMILES string of the molecule is C=CC(=O)N[C@@H]1CCC[C@H]1C(=O)N1CCC(O)(c2cccc(C(F)(F)F)c2)CC1. The van der Waals surface area contributed by atoms with Crippen LogP contribution in [0.2, 0.25) is 0 Å². The van der Waals surface area contributed by atoms with Gasteiger partial charge in [0.15, 0.2) is 0 Å². The molecule has 2 fully saturated rings. The number of aliphatic hydroxyl groups is 1. The van der Waals surface area contributed by atoms with Gasteiger partial charge in [0, 0.05) is 19.1 Å². The molecule has 2 N–H and O–H groups in total. The number of piperidine rings is 1. The van der Waals surface area contributed by atoms with Crippen molar-refractivity contribution >= 4 is 11.8 Å². The molecule has 2 aliphatic rings. The number of alkyl halides is 3. The van der Waals surface area contributed by atoms with Crippen LogP contribution in [-0.4, -0.2) is 41.0 Å². The maximum atomic E-state index is 13.0. The fourth-order valence-electron chi connectivity index (χ4n) is 4.28. The second kappa shape index (κ2) is 8.18. The third-order valence-corrected chi connectivity index (χ3v) is 5.98. The number of benzene rings is 1. The van der Waals surface area contributed by atoms with Gasteiger partial charge in [0.05, 0.1) is 17.1 Å². The minimum atomic E-state index is -4.48. The lowest BCUT2D eigenvalue weighted by Gasteiger charge is -2.40. The topological polar surface area (TPSA) is 69.6 Å². The first kappa shape index (κ1) is 21.4. The summed E-state index contributed by atoms with van der Waals surface area (Å²) < 4.78 is 38.9. The van der Waals surface area contributed by atoms with E-state index < -0.39 is 17.3 Å². The predicted molar refractivity (Wildman–Crippen MR) is 101 cm³/mol. The maximum Gasteiger partial charge on any atom is 0.416 e. The maximum absolute atomic E-state index is 13.0. The number of nitrogens with zero attached hydrogens (tertiary/aromatic N) is 1. The number of hydrogen-bond acceptors (Lipinski definition) is 3. The largest absolute Gasteiger partial charge is 0.416 e. The molecule has 2 atom stereocenters. The lowest BCUT2D eigenvalue weighted by atomic mass is 9.83. The average molecular weight is 410 g/mol. The van der Waals surface area contributed by atoms with Crippen molar-refractivity contribution in [2.75, 3.05) is 13.1 Å². The molecule has 1 aliphatic carbocycles. The van der Waals surface area contributed by atoms with Crippen LogP contribution in [0.5, 0.6) is 0 Å². The number of carbonyl (C=O) groups is 2. The van der Waals surface area contributed by atoms with Crippen molar-refractivity contribution in [3.05, 3.63) is 48.0 Å². The second-order valence-corrected chi connectivity index (χ2v) is 7.79. The average Bonchev–Trinajstić information content (AvgIpc) is 3.15. The first-order valence-electron chi connectivity index (χ1n) is 9.76.